The highest BCUT2D eigenvalue weighted by Gasteiger charge is 2.37. The molecule has 0 spiro atoms. The van der Waals surface area contributed by atoms with E-state index in [0.29, 0.717) is 0 Å². The van der Waals surface area contributed by atoms with Gasteiger partial charge in [0.2, 0.25) is 5.91 Å². The van der Waals surface area contributed by atoms with E-state index >= 15 is 0 Å². The summed E-state index contributed by atoms with van der Waals surface area (Å²) in [6, 6.07) is 0. The number of hydrogen-bond donors (Lipinski definition) is 1. The van der Waals surface area contributed by atoms with E-state index in [4.69, 9.17) is 0 Å². The van der Waals surface area contributed by atoms with Gasteiger partial charge in [-0.3, -0.25) is 4.79 Å². The molecule has 1 atom stereocenters. The molecule has 1 amide bonds. The summed E-state index contributed by atoms with van der Waals surface area (Å²) in [6.07, 6.45) is 7.02. The smallest absolute Gasteiger partial charge is 0.223 e. The number of rotatable bonds is 6. The fourth-order valence-electron chi connectivity index (χ4n) is 3.06. The van der Waals surface area contributed by atoms with Gasteiger partial charge in [-0.15, -0.1) is 0 Å². The molecule has 1 aliphatic carbocycles. The molecule has 1 rings (SSSR count). The molecule has 0 heterocycles. The van der Waals surface area contributed by atoms with Crippen LogP contribution in [-0.2, 0) is 4.79 Å². The minimum Gasteiger partial charge on any atom is -0.355 e. The lowest BCUT2D eigenvalue weighted by molar-refractivity contribution is -0.130. The van der Waals surface area contributed by atoms with Crippen molar-refractivity contribution >= 4 is 21.8 Å². The summed E-state index contributed by atoms with van der Waals surface area (Å²) in [5.41, 5.74) is 0.366. The zero-order valence-electron chi connectivity index (χ0n) is 13.0. The van der Waals surface area contributed by atoms with E-state index in [1.165, 1.54) is 19.3 Å². The topological polar surface area (TPSA) is 29.1 Å². The molecule has 3 heteroatoms. The number of hydrogen-bond acceptors (Lipinski definition) is 1. The average Bonchev–Trinajstić information content (AvgIpc) is 2.33. The fourth-order valence-corrected chi connectivity index (χ4v) is 3.34. The van der Waals surface area contributed by atoms with E-state index in [-0.39, 0.29) is 22.7 Å². The van der Waals surface area contributed by atoms with Crippen LogP contribution >= 0.6 is 15.9 Å². The van der Waals surface area contributed by atoms with E-state index in [1.807, 2.05) is 0 Å². The molecule has 1 saturated carbocycles. The summed E-state index contributed by atoms with van der Waals surface area (Å²) in [4.78, 5) is 12.4. The second-order valence-corrected chi connectivity index (χ2v) is 8.25. The Hall–Kier alpha value is -0.0500. The summed E-state index contributed by atoms with van der Waals surface area (Å²) in [7, 11) is 0. The average molecular weight is 332 g/mol. The molecule has 112 valence electrons. The van der Waals surface area contributed by atoms with E-state index in [2.05, 4.69) is 48.9 Å². The normalized spacial score (nSPS) is 23.1. The van der Waals surface area contributed by atoms with Crippen LogP contribution in [0.3, 0.4) is 0 Å². The molecule has 1 fully saturated rings. The highest BCUT2D eigenvalue weighted by Crippen LogP contribution is 2.40. The largest absolute Gasteiger partial charge is 0.355 e. The Labute approximate surface area is 127 Å². The standard InChI is InChI=1S/C16H30BrNO/c1-15(2,9-7-11-17)12-18-14(19)13-8-5-6-10-16(13,3)4/h13H,5-12H2,1-4H3,(H,18,19). The predicted octanol–water partition coefficient (Wildman–Crippen LogP) is 4.52. The Morgan fingerprint density at radius 3 is 2.63 bits per heavy atom. The number of nitrogens with one attached hydrogen (secondary N) is 1. The maximum absolute atomic E-state index is 12.4. The number of amides is 1. The first-order valence-corrected chi connectivity index (χ1v) is 8.74. The summed E-state index contributed by atoms with van der Waals surface area (Å²) in [5, 5.41) is 4.24. The van der Waals surface area contributed by atoms with Gasteiger partial charge >= 0.3 is 0 Å². The van der Waals surface area contributed by atoms with Crippen molar-refractivity contribution < 1.29 is 4.79 Å². The highest BCUT2D eigenvalue weighted by molar-refractivity contribution is 9.09. The van der Waals surface area contributed by atoms with Crippen LogP contribution < -0.4 is 5.32 Å². The van der Waals surface area contributed by atoms with Crippen LogP contribution in [0.1, 0.15) is 66.2 Å². The lowest BCUT2D eigenvalue weighted by Gasteiger charge is -2.38. The zero-order chi connectivity index (χ0) is 14.5. The molecule has 1 unspecified atom stereocenters. The van der Waals surface area contributed by atoms with E-state index in [0.717, 1.165) is 31.1 Å². The van der Waals surface area contributed by atoms with Crippen molar-refractivity contribution in [3.05, 3.63) is 0 Å². The first-order valence-electron chi connectivity index (χ1n) is 7.62. The fraction of sp³-hybridized carbons (Fsp3) is 0.938. The number of halogens is 1. The van der Waals surface area contributed by atoms with Gasteiger partial charge < -0.3 is 5.32 Å². The number of alkyl halides is 1. The lowest BCUT2D eigenvalue weighted by Crippen LogP contribution is -2.44. The van der Waals surface area contributed by atoms with Crippen molar-refractivity contribution in [3.8, 4) is 0 Å². The van der Waals surface area contributed by atoms with Gasteiger partial charge in [-0.2, -0.15) is 0 Å². The number of carbonyl (C=O) groups excluding carboxylic acids is 1. The Balaban J connectivity index is 2.46. The molecular weight excluding hydrogens is 302 g/mol. The molecule has 0 bridgehead atoms. The Kier molecular flexibility index (Phi) is 6.35. The van der Waals surface area contributed by atoms with Crippen LogP contribution in [-0.4, -0.2) is 17.8 Å². The van der Waals surface area contributed by atoms with Crippen molar-refractivity contribution in [3.63, 3.8) is 0 Å². The van der Waals surface area contributed by atoms with Crippen LogP contribution in [0.5, 0.6) is 0 Å². The summed E-state index contributed by atoms with van der Waals surface area (Å²) < 4.78 is 0. The first-order chi connectivity index (χ1) is 8.78. The van der Waals surface area contributed by atoms with Gasteiger partial charge in [-0.05, 0) is 36.5 Å². The van der Waals surface area contributed by atoms with Crippen LogP contribution in [0.25, 0.3) is 0 Å². The monoisotopic (exact) mass is 331 g/mol. The molecule has 0 aliphatic heterocycles. The van der Waals surface area contributed by atoms with Gasteiger partial charge in [0.15, 0.2) is 0 Å². The van der Waals surface area contributed by atoms with E-state index < -0.39 is 0 Å². The van der Waals surface area contributed by atoms with Gasteiger partial charge in [0.25, 0.3) is 0 Å². The van der Waals surface area contributed by atoms with E-state index in [1.54, 1.807) is 0 Å². The Bertz CT molecular complexity index is 299. The maximum atomic E-state index is 12.4. The quantitative estimate of drug-likeness (QED) is 0.712. The second kappa shape index (κ2) is 7.10. The summed E-state index contributed by atoms with van der Waals surface area (Å²) in [6.45, 7) is 9.76. The molecule has 0 aromatic heterocycles. The summed E-state index contributed by atoms with van der Waals surface area (Å²) in [5.74, 6) is 0.477. The molecule has 0 radical (unpaired) electrons. The third-order valence-corrected chi connectivity index (χ3v) is 5.11. The SMILES string of the molecule is CC(C)(CCCBr)CNC(=O)C1CCCCC1(C)C. The van der Waals surface area contributed by atoms with Crippen LogP contribution in [0.15, 0.2) is 0 Å². The molecule has 0 aromatic carbocycles. The molecule has 0 aromatic rings. The Morgan fingerprint density at radius 1 is 1.37 bits per heavy atom. The minimum absolute atomic E-state index is 0.169. The van der Waals surface area contributed by atoms with Gasteiger partial charge in [-0.25, -0.2) is 0 Å². The van der Waals surface area contributed by atoms with Crippen LogP contribution in [0.2, 0.25) is 0 Å². The number of carbonyl (C=O) groups is 1. The van der Waals surface area contributed by atoms with Gasteiger partial charge in [0.05, 0.1) is 0 Å². The predicted molar refractivity (Wildman–Crippen MR) is 85.6 cm³/mol. The zero-order valence-corrected chi connectivity index (χ0v) is 14.6. The van der Waals surface area contributed by atoms with Crippen molar-refractivity contribution in [2.45, 2.75) is 66.2 Å². The third kappa shape index (κ3) is 5.45. The second-order valence-electron chi connectivity index (χ2n) is 7.46. The van der Waals surface area contributed by atoms with Gasteiger partial charge in [0, 0.05) is 17.8 Å². The van der Waals surface area contributed by atoms with Gasteiger partial charge in [-0.1, -0.05) is 56.5 Å². The first kappa shape index (κ1) is 17.0. The van der Waals surface area contributed by atoms with Crippen LogP contribution in [0, 0.1) is 16.7 Å². The third-order valence-electron chi connectivity index (χ3n) is 4.55. The van der Waals surface area contributed by atoms with Crippen molar-refractivity contribution in [1.82, 2.24) is 5.32 Å². The van der Waals surface area contributed by atoms with Crippen molar-refractivity contribution in [2.24, 2.45) is 16.7 Å². The van der Waals surface area contributed by atoms with Crippen molar-refractivity contribution in [1.29, 1.82) is 0 Å². The maximum Gasteiger partial charge on any atom is 0.223 e. The highest BCUT2D eigenvalue weighted by atomic mass is 79.9. The van der Waals surface area contributed by atoms with Crippen molar-refractivity contribution in [2.75, 3.05) is 11.9 Å². The molecule has 19 heavy (non-hydrogen) atoms. The molecule has 2 nitrogen and oxygen atoms in total. The molecule has 1 aliphatic rings. The minimum atomic E-state index is 0.169. The molecule has 0 saturated heterocycles. The van der Waals surface area contributed by atoms with Gasteiger partial charge in [0.1, 0.15) is 0 Å². The lowest BCUT2D eigenvalue weighted by atomic mass is 9.68. The van der Waals surface area contributed by atoms with Crippen LogP contribution in [0.4, 0.5) is 0 Å². The Morgan fingerprint density at radius 2 is 2.05 bits per heavy atom. The summed E-state index contributed by atoms with van der Waals surface area (Å²) >= 11 is 3.47. The molecule has 1 N–H and O–H groups in total. The van der Waals surface area contributed by atoms with E-state index in [9.17, 15) is 4.79 Å². The molecular formula is C16H30BrNO.